The number of carbonyl (C=O) groups excluding carboxylic acids is 2. The Labute approximate surface area is 189 Å². The van der Waals surface area contributed by atoms with Crippen LogP contribution in [0.1, 0.15) is 47.7 Å². The summed E-state index contributed by atoms with van der Waals surface area (Å²) in [5.41, 5.74) is 2.87. The molecule has 4 heterocycles. The summed E-state index contributed by atoms with van der Waals surface area (Å²) in [4.78, 5) is 36.2. The van der Waals surface area contributed by atoms with Gasteiger partial charge < -0.3 is 9.64 Å². The number of rotatable bonds is 2. The highest BCUT2D eigenvalue weighted by molar-refractivity contribution is 8.18. The monoisotopic (exact) mass is 453 g/mol. The zero-order valence-corrected chi connectivity index (χ0v) is 18.5. The van der Waals surface area contributed by atoms with E-state index in [2.05, 4.69) is 14.9 Å². The number of esters is 1. The Morgan fingerprint density at radius 3 is 2.68 bits per heavy atom. The van der Waals surface area contributed by atoms with E-state index in [-0.39, 0.29) is 11.9 Å². The van der Waals surface area contributed by atoms with Gasteiger partial charge in [0.25, 0.3) is 5.91 Å². The first-order chi connectivity index (χ1) is 15.0. The van der Waals surface area contributed by atoms with Gasteiger partial charge in [0.1, 0.15) is 10.8 Å². The standard InChI is InChI=1S/C23H20ClN3O3S/c1-2-15(14-7-8-18(24)25-13-14)19-20(28)26-22(31-19)27-11-9-23(10-12-27)17-6-4-3-5-16(17)21(29)30-23/h3-8,13H,2,9-12H2,1H3/b19-15+. The van der Waals surface area contributed by atoms with E-state index in [9.17, 15) is 9.59 Å². The van der Waals surface area contributed by atoms with Crippen LogP contribution in [0.25, 0.3) is 5.57 Å². The van der Waals surface area contributed by atoms with Crippen molar-refractivity contribution in [2.45, 2.75) is 31.8 Å². The zero-order chi connectivity index (χ0) is 21.6. The van der Waals surface area contributed by atoms with Gasteiger partial charge in [-0.05, 0) is 41.5 Å². The maximum Gasteiger partial charge on any atom is 0.339 e. The predicted molar refractivity (Wildman–Crippen MR) is 121 cm³/mol. The van der Waals surface area contributed by atoms with Crippen LogP contribution < -0.4 is 0 Å². The van der Waals surface area contributed by atoms with Crippen molar-refractivity contribution in [3.05, 3.63) is 69.3 Å². The van der Waals surface area contributed by atoms with Gasteiger partial charge in [-0.25, -0.2) is 9.78 Å². The number of fused-ring (bicyclic) bond motifs is 2. The van der Waals surface area contributed by atoms with Crippen LogP contribution in [0.2, 0.25) is 5.15 Å². The summed E-state index contributed by atoms with van der Waals surface area (Å²) in [5.74, 6) is -0.467. The molecule has 2 aromatic rings. The largest absolute Gasteiger partial charge is 0.450 e. The third-order valence-electron chi connectivity index (χ3n) is 6.06. The summed E-state index contributed by atoms with van der Waals surface area (Å²) in [6, 6.07) is 11.2. The molecule has 0 atom stereocenters. The van der Waals surface area contributed by atoms with Crippen LogP contribution in [-0.4, -0.2) is 40.0 Å². The molecular formula is C23H20ClN3O3S. The van der Waals surface area contributed by atoms with E-state index < -0.39 is 5.60 Å². The van der Waals surface area contributed by atoms with Gasteiger partial charge in [0.05, 0.1) is 10.5 Å². The molecule has 1 amide bonds. The summed E-state index contributed by atoms with van der Waals surface area (Å²) in [6.07, 6.45) is 3.72. The number of allylic oxidation sites excluding steroid dienone is 1. The number of nitrogens with zero attached hydrogens (tertiary/aromatic N) is 3. The van der Waals surface area contributed by atoms with Crippen LogP contribution in [0.4, 0.5) is 0 Å². The summed E-state index contributed by atoms with van der Waals surface area (Å²) >= 11 is 7.32. The number of amidine groups is 1. The Kier molecular flexibility index (Phi) is 5.10. The first-order valence-electron chi connectivity index (χ1n) is 10.2. The van der Waals surface area contributed by atoms with Gasteiger partial charge in [0.2, 0.25) is 0 Å². The number of hydrogen-bond donors (Lipinski definition) is 0. The second-order valence-electron chi connectivity index (χ2n) is 7.75. The average molecular weight is 454 g/mol. The molecule has 5 rings (SSSR count). The Morgan fingerprint density at radius 2 is 1.97 bits per heavy atom. The van der Waals surface area contributed by atoms with E-state index in [1.807, 2.05) is 37.3 Å². The Bertz CT molecular complexity index is 1140. The number of amides is 1. The van der Waals surface area contributed by atoms with Crippen LogP contribution >= 0.6 is 23.4 Å². The number of halogens is 1. The Morgan fingerprint density at radius 1 is 1.19 bits per heavy atom. The number of carbonyl (C=O) groups is 2. The van der Waals surface area contributed by atoms with Crippen molar-refractivity contribution in [2.75, 3.05) is 13.1 Å². The molecule has 0 N–H and O–H groups in total. The van der Waals surface area contributed by atoms with Crippen LogP contribution in [0.5, 0.6) is 0 Å². The van der Waals surface area contributed by atoms with Crippen molar-refractivity contribution in [2.24, 2.45) is 4.99 Å². The predicted octanol–water partition coefficient (Wildman–Crippen LogP) is 4.65. The number of likely N-dealkylation sites (tertiary alicyclic amines) is 1. The lowest BCUT2D eigenvalue weighted by Crippen LogP contribution is -2.44. The molecule has 8 heteroatoms. The molecule has 0 saturated carbocycles. The fraction of sp³-hybridized carbons (Fsp3) is 0.304. The molecule has 0 aliphatic carbocycles. The summed E-state index contributed by atoms with van der Waals surface area (Å²) in [6.45, 7) is 3.34. The average Bonchev–Trinajstić information content (AvgIpc) is 3.29. The van der Waals surface area contributed by atoms with Crippen LogP contribution in [-0.2, 0) is 15.1 Å². The van der Waals surface area contributed by atoms with Crippen molar-refractivity contribution in [3.8, 4) is 0 Å². The van der Waals surface area contributed by atoms with Gasteiger partial charge in [-0.2, -0.15) is 4.99 Å². The highest BCUT2D eigenvalue weighted by Crippen LogP contribution is 2.45. The Hall–Kier alpha value is -2.64. The number of benzene rings is 1. The lowest BCUT2D eigenvalue weighted by atomic mass is 9.84. The molecule has 3 aliphatic rings. The summed E-state index contributed by atoms with van der Waals surface area (Å²) in [7, 11) is 0. The second kappa shape index (κ2) is 7.80. The summed E-state index contributed by atoms with van der Waals surface area (Å²) in [5, 5.41) is 1.13. The molecule has 6 nitrogen and oxygen atoms in total. The van der Waals surface area contributed by atoms with Gasteiger partial charge in [-0.3, -0.25) is 4.79 Å². The number of hydrogen-bond acceptors (Lipinski definition) is 6. The number of ether oxygens (including phenoxy) is 1. The molecule has 1 fully saturated rings. The van der Waals surface area contributed by atoms with Gasteiger partial charge in [-0.15, -0.1) is 0 Å². The fourth-order valence-electron chi connectivity index (χ4n) is 4.45. The lowest BCUT2D eigenvalue weighted by molar-refractivity contribution is -0.113. The molecule has 31 heavy (non-hydrogen) atoms. The Balaban J connectivity index is 1.34. The fourth-order valence-corrected chi connectivity index (χ4v) is 5.70. The number of pyridine rings is 1. The van der Waals surface area contributed by atoms with Crippen LogP contribution in [0.15, 0.2) is 52.5 Å². The van der Waals surface area contributed by atoms with E-state index in [1.54, 1.807) is 12.3 Å². The van der Waals surface area contributed by atoms with E-state index in [4.69, 9.17) is 16.3 Å². The number of piperidine rings is 1. The first-order valence-corrected chi connectivity index (χ1v) is 11.4. The number of aliphatic imine (C=N–C) groups is 1. The molecule has 1 spiro atoms. The van der Waals surface area contributed by atoms with E-state index in [1.165, 1.54) is 11.8 Å². The maximum absolute atomic E-state index is 12.7. The smallest absolute Gasteiger partial charge is 0.339 e. The summed E-state index contributed by atoms with van der Waals surface area (Å²) < 4.78 is 5.83. The zero-order valence-electron chi connectivity index (χ0n) is 16.9. The van der Waals surface area contributed by atoms with Gasteiger partial charge >= 0.3 is 5.97 Å². The molecular weight excluding hydrogens is 434 g/mol. The number of thioether (sulfide) groups is 1. The van der Waals surface area contributed by atoms with Crippen molar-refractivity contribution in [1.29, 1.82) is 0 Å². The van der Waals surface area contributed by atoms with Gasteiger partial charge in [0, 0.05) is 37.7 Å². The first kappa shape index (κ1) is 20.3. The van der Waals surface area contributed by atoms with E-state index in [0.717, 1.165) is 16.7 Å². The minimum absolute atomic E-state index is 0.218. The number of aromatic nitrogens is 1. The topological polar surface area (TPSA) is 71.9 Å². The molecule has 0 unspecified atom stereocenters. The highest BCUT2D eigenvalue weighted by atomic mass is 35.5. The molecule has 1 saturated heterocycles. The van der Waals surface area contributed by atoms with E-state index >= 15 is 0 Å². The quantitative estimate of drug-likeness (QED) is 0.374. The molecule has 1 aromatic heterocycles. The van der Waals surface area contributed by atoms with Gasteiger partial charge in [-0.1, -0.05) is 42.8 Å². The molecule has 0 radical (unpaired) electrons. The van der Waals surface area contributed by atoms with Crippen molar-refractivity contribution >= 4 is 46.0 Å². The SMILES string of the molecule is CC/C(=C1\SC(N2CCC3(CC2)OC(=O)c2ccccc23)=NC1=O)c1ccc(Cl)nc1. The lowest BCUT2D eigenvalue weighted by Gasteiger charge is -2.39. The normalized spacial score (nSPS) is 21.2. The minimum atomic E-state index is -0.569. The van der Waals surface area contributed by atoms with Crippen molar-refractivity contribution < 1.29 is 14.3 Å². The molecule has 1 aromatic carbocycles. The van der Waals surface area contributed by atoms with E-state index in [0.29, 0.717) is 53.1 Å². The van der Waals surface area contributed by atoms with Crippen molar-refractivity contribution in [3.63, 3.8) is 0 Å². The van der Waals surface area contributed by atoms with Crippen LogP contribution in [0.3, 0.4) is 0 Å². The van der Waals surface area contributed by atoms with Crippen LogP contribution in [0, 0.1) is 0 Å². The van der Waals surface area contributed by atoms with Crippen molar-refractivity contribution in [1.82, 2.24) is 9.88 Å². The maximum atomic E-state index is 12.7. The third kappa shape index (κ3) is 3.46. The second-order valence-corrected chi connectivity index (χ2v) is 9.11. The molecule has 3 aliphatic heterocycles. The third-order valence-corrected chi connectivity index (χ3v) is 7.44. The minimum Gasteiger partial charge on any atom is -0.450 e. The molecule has 0 bridgehead atoms. The highest BCUT2D eigenvalue weighted by Gasteiger charge is 2.48. The molecule has 158 valence electrons. The van der Waals surface area contributed by atoms with Gasteiger partial charge in [0.15, 0.2) is 5.17 Å².